The summed E-state index contributed by atoms with van der Waals surface area (Å²) < 4.78 is 19.8. The molecule has 0 saturated heterocycles. The molecule has 0 bridgehead atoms. The molecule has 2 aromatic rings. The summed E-state index contributed by atoms with van der Waals surface area (Å²) in [5, 5.41) is 1.23. The third-order valence-corrected chi connectivity index (χ3v) is 4.37. The minimum Gasteiger partial charge on any atom is -0.361 e. The largest absolute Gasteiger partial charge is 0.361 e. The highest BCUT2D eigenvalue weighted by atomic mass is 32.2. The molecule has 1 aliphatic carbocycles. The minimum atomic E-state index is -1.64. The summed E-state index contributed by atoms with van der Waals surface area (Å²) in [7, 11) is 0. The highest BCUT2D eigenvalue weighted by Crippen LogP contribution is 2.38. The Morgan fingerprint density at radius 2 is 2.25 bits per heavy atom. The van der Waals surface area contributed by atoms with Crippen molar-refractivity contribution >= 4 is 22.0 Å². The zero-order valence-corrected chi connectivity index (χ0v) is 9.54. The van der Waals surface area contributed by atoms with Gasteiger partial charge in [0.15, 0.2) is 11.1 Å². The van der Waals surface area contributed by atoms with Crippen molar-refractivity contribution < 1.29 is 8.76 Å². The van der Waals surface area contributed by atoms with Crippen LogP contribution in [-0.4, -0.2) is 19.0 Å². The van der Waals surface area contributed by atoms with E-state index in [1.165, 1.54) is 10.9 Å². The third-order valence-electron chi connectivity index (χ3n) is 3.27. The molecule has 3 nitrogen and oxygen atoms in total. The monoisotopic (exact) mass is 235 g/mol. The molecule has 2 N–H and O–H groups in total. The maximum Gasteiger partial charge on any atom is 0.156 e. The van der Waals surface area contributed by atoms with Crippen LogP contribution < -0.4 is 0 Å². The van der Waals surface area contributed by atoms with Gasteiger partial charge < -0.3 is 9.54 Å². The lowest BCUT2D eigenvalue weighted by Crippen LogP contribution is -1.99. The Kier molecular flexibility index (Phi) is 2.33. The average molecular weight is 235 g/mol. The maximum atomic E-state index is 10.9. The van der Waals surface area contributed by atoms with Gasteiger partial charge >= 0.3 is 0 Å². The highest BCUT2D eigenvalue weighted by Gasteiger charge is 2.41. The van der Waals surface area contributed by atoms with Crippen molar-refractivity contribution in [3.05, 3.63) is 36.0 Å². The Bertz CT molecular complexity index is 549. The van der Waals surface area contributed by atoms with Crippen LogP contribution in [-0.2, 0) is 17.5 Å². The quantitative estimate of drug-likeness (QED) is 0.802. The van der Waals surface area contributed by atoms with Crippen LogP contribution in [0.5, 0.6) is 0 Å². The van der Waals surface area contributed by atoms with Gasteiger partial charge in [0.25, 0.3) is 0 Å². The van der Waals surface area contributed by atoms with E-state index in [2.05, 4.69) is 11.1 Å². The number of nitrogens with one attached hydrogen (secondary N) is 1. The predicted molar refractivity (Wildman–Crippen MR) is 64.7 cm³/mol. The van der Waals surface area contributed by atoms with Crippen molar-refractivity contribution in [2.75, 3.05) is 0 Å². The first-order valence-corrected chi connectivity index (χ1v) is 6.57. The summed E-state index contributed by atoms with van der Waals surface area (Å²) in [6, 6.07) is 8.17. The maximum absolute atomic E-state index is 10.9. The standard InChI is InChI=1S/C12H13NO2S/c14-16(15)12-6-8(12)5-9-7-13-11-4-2-1-3-10(9)11/h1-4,7-8,12-13H,5-6H2,(H,14,15). The summed E-state index contributed by atoms with van der Waals surface area (Å²) in [6.07, 6.45) is 3.80. The van der Waals surface area contributed by atoms with Gasteiger partial charge in [-0.15, -0.1) is 0 Å². The molecule has 3 atom stereocenters. The SMILES string of the molecule is O=S(O)C1CC1Cc1c[nH]c2ccccc12. The second-order valence-corrected chi connectivity index (χ2v) is 5.53. The molecule has 1 fully saturated rings. The van der Waals surface area contributed by atoms with E-state index >= 15 is 0 Å². The van der Waals surface area contributed by atoms with E-state index in [0.717, 1.165) is 18.4 Å². The molecule has 16 heavy (non-hydrogen) atoms. The molecule has 0 spiro atoms. The molecule has 0 radical (unpaired) electrons. The van der Waals surface area contributed by atoms with Gasteiger partial charge in [0.2, 0.25) is 0 Å². The van der Waals surface area contributed by atoms with Crippen molar-refractivity contribution in [3.8, 4) is 0 Å². The van der Waals surface area contributed by atoms with Crippen LogP contribution >= 0.6 is 0 Å². The average Bonchev–Trinajstić information content (AvgIpc) is 2.93. The summed E-state index contributed by atoms with van der Waals surface area (Å²) in [5.74, 6) is 0.380. The van der Waals surface area contributed by atoms with Crippen LogP contribution in [0.2, 0.25) is 0 Å². The number of hydrogen-bond donors (Lipinski definition) is 2. The molecule has 1 saturated carbocycles. The van der Waals surface area contributed by atoms with Gasteiger partial charge in [0, 0.05) is 17.1 Å². The van der Waals surface area contributed by atoms with Gasteiger partial charge in [-0.2, -0.15) is 0 Å². The summed E-state index contributed by atoms with van der Waals surface area (Å²) in [6.45, 7) is 0. The van der Waals surface area contributed by atoms with Crippen molar-refractivity contribution in [2.45, 2.75) is 18.1 Å². The Morgan fingerprint density at radius 1 is 1.44 bits per heavy atom. The van der Waals surface area contributed by atoms with Crippen LogP contribution in [0.15, 0.2) is 30.5 Å². The van der Waals surface area contributed by atoms with E-state index in [9.17, 15) is 4.21 Å². The first kappa shape index (κ1) is 10.1. The normalized spacial score (nSPS) is 25.8. The molecule has 0 aliphatic heterocycles. The topological polar surface area (TPSA) is 53.1 Å². The fourth-order valence-corrected chi connectivity index (χ4v) is 3.10. The van der Waals surface area contributed by atoms with E-state index in [1.54, 1.807) is 0 Å². The van der Waals surface area contributed by atoms with Gasteiger partial charge in [0.1, 0.15) is 0 Å². The molecule has 1 aliphatic rings. The lowest BCUT2D eigenvalue weighted by Gasteiger charge is -1.97. The van der Waals surface area contributed by atoms with Crippen LogP contribution in [0, 0.1) is 5.92 Å². The molecular formula is C12H13NO2S. The Hall–Kier alpha value is -1.13. The smallest absolute Gasteiger partial charge is 0.156 e. The van der Waals surface area contributed by atoms with E-state index in [1.807, 2.05) is 24.4 Å². The molecule has 3 unspecified atom stereocenters. The highest BCUT2D eigenvalue weighted by molar-refractivity contribution is 7.80. The Morgan fingerprint density at radius 3 is 3.00 bits per heavy atom. The number of hydrogen-bond acceptors (Lipinski definition) is 1. The van der Waals surface area contributed by atoms with Crippen LogP contribution in [0.4, 0.5) is 0 Å². The fraction of sp³-hybridized carbons (Fsp3) is 0.333. The lowest BCUT2D eigenvalue weighted by molar-refractivity contribution is 0.560. The van der Waals surface area contributed by atoms with E-state index in [4.69, 9.17) is 4.55 Å². The third kappa shape index (κ3) is 1.68. The van der Waals surface area contributed by atoms with E-state index in [-0.39, 0.29) is 5.25 Å². The first-order valence-electron chi connectivity index (χ1n) is 5.40. The molecule has 84 valence electrons. The molecule has 1 aromatic carbocycles. The molecule has 4 heteroatoms. The van der Waals surface area contributed by atoms with Crippen molar-refractivity contribution in [3.63, 3.8) is 0 Å². The van der Waals surface area contributed by atoms with Crippen molar-refractivity contribution in [1.29, 1.82) is 0 Å². The number of fused-ring (bicyclic) bond motifs is 1. The zero-order valence-electron chi connectivity index (χ0n) is 8.72. The van der Waals surface area contributed by atoms with Gasteiger partial charge in [-0.05, 0) is 30.4 Å². The number of rotatable bonds is 3. The predicted octanol–water partition coefficient (Wildman–Crippen LogP) is 2.32. The van der Waals surface area contributed by atoms with E-state index < -0.39 is 11.1 Å². The number of H-pyrrole nitrogens is 1. The number of aromatic nitrogens is 1. The first-order chi connectivity index (χ1) is 7.75. The Balaban J connectivity index is 1.83. The van der Waals surface area contributed by atoms with Crippen LogP contribution in [0.1, 0.15) is 12.0 Å². The summed E-state index contributed by atoms with van der Waals surface area (Å²) in [4.78, 5) is 3.23. The number of benzene rings is 1. The second kappa shape index (κ2) is 3.71. The van der Waals surface area contributed by atoms with Crippen LogP contribution in [0.3, 0.4) is 0 Å². The second-order valence-electron chi connectivity index (χ2n) is 4.37. The van der Waals surface area contributed by atoms with Gasteiger partial charge in [0.05, 0.1) is 5.25 Å². The van der Waals surface area contributed by atoms with Gasteiger partial charge in [-0.1, -0.05) is 18.2 Å². The molecular weight excluding hydrogens is 222 g/mol. The van der Waals surface area contributed by atoms with E-state index in [0.29, 0.717) is 5.92 Å². The fourth-order valence-electron chi connectivity index (χ4n) is 2.26. The molecule has 1 aromatic heterocycles. The number of aromatic amines is 1. The van der Waals surface area contributed by atoms with Crippen LogP contribution in [0.25, 0.3) is 10.9 Å². The van der Waals surface area contributed by atoms with Crippen molar-refractivity contribution in [2.24, 2.45) is 5.92 Å². The minimum absolute atomic E-state index is 0.00587. The van der Waals surface area contributed by atoms with Crippen molar-refractivity contribution in [1.82, 2.24) is 4.98 Å². The number of para-hydroxylation sites is 1. The van der Waals surface area contributed by atoms with Gasteiger partial charge in [-0.3, -0.25) is 0 Å². The lowest BCUT2D eigenvalue weighted by atomic mass is 10.1. The molecule has 3 rings (SSSR count). The molecule has 1 heterocycles. The molecule has 0 amide bonds. The summed E-state index contributed by atoms with van der Waals surface area (Å²) in [5.41, 5.74) is 2.40. The Labute approximate surface area is 96.2 Å². The zero-order chi connectivity index (χ0) is 11.1. The summed E-state index contributed by atoms with van der Waals surface area (Å²) >= 11 is -1.64. The van der Waals surface area contributed by atoms with Gasteiger partial charge in [-0.25, -0.2) is 4.21 Å².